The van der Waals surface area contributed by atoms with E-state index in [1.165, 1.54) is 0 Å². The quantitative estimate of drug-likeness (QED) is 0.776. The zero-order valence-corrected chi connectivity index (χ0v) is 9.02. The summed E-state index contributed by atoms with van der Waals surface area (Å²) in [4.78, 5) is 0. The van der Waals surface area contributed by atoms with Crippen molar-refractivity contribution in [3.8, 4) is 0 Å². The van der Waals surface area contributed by atoms with Gasteiger partial charge in [-0.05, 0) is 6.26 Å². The molecule has 0 aliphatic rings. The van der Waals surface area contributed by atoms with Crippen LogP contribution in [0.3, 0.4) is 0 Å². The Morgan fingerprint density at radius 3 is 2.85 bits per heavy atom. The first kappa shape index (κ1) is 10.5. The number of hydrogen-bond acceptors (Lipinski definition) is 5. The standard InChI is InChI=1S/C8H15N3OS/c1-6(13-3)4-9-5-8-11-10-7(2)12-8/h6,9H,4-5H2,1-3H3. The summed E-state index contributed by atoms with van der Waals surface area (Å²) in [5.74, 6) is 1.28. The number of aryl methyl sites for hydroxylation is 1. The van der Waals surface area contributed by atoms with E-state index in [9.17, 15) is 0 Å². The van der Waals surface area contributed by atoms with Crippen LogP contribution in [-0.2, 0) is 6.54 Å². The fourth-order valence-corrected chi connectivity index (χ4v) is 1.16. The molecule has 1 atom stereocenters. The summed E-state index contributed by atoms with van der Waals surface area (Å²) < 4.78 is 5.21. The highest BCUT2D eigenvalue weighted by molar-refractivity contribution is 7.99. The minimum absolute atomic E-state index is 0.615. The van der Waals surface area contributed by atoms with Crippen molar-refractivity contribution >= 4 is 11.8 Å². The second kappa shape index (κ2) is 5.24. The summed E-state index contributed by atoms with van der Waals surface area (Å²) in [6.07, 6.45) is 2.10. The van der Waals surface area contributed by atoms with Crippen molar-refractivity contribution < 1.29 is 4.42 Å². The Balaban J connectivity index is 2.20. The summed E-state index contributed by atoms with van der Waals surface area (Å²) in [6.45, 7) is 5.59. The first-order valence-corrected chi connectivity index (χ1v) is 5.53. The van der Waals surface area contributed by atoms with Crippen LogP contribution in [0.2, 0.25) is 0 Å². The fraction of sp³-hybridized carbons (Fsp3) is 0.750. The van der Waals surface area contributed by atoms with Crippen LogP contribution < -0.4 is 5.32 Å². The molecule has 0 aromatic carbocycles. The van der Waals surface area contributed by atoms with E-state index >= 15 is 0 Å². The molecule has 1 aromatic heterocycles. The predicted molar refractivity (Wildman–Crippen MR) is 53.7 cm³/mol. The molecule has 1 heterocycles. The van der Waals surface area contributed by atoms with Gasteiger partial charge >= 0.3 is 0 Å². The van der Waals surface area contributed by atoms with Crippen molar-refractivity contribution in [3.63, 3.8) is 0 Å². The van der Waals surface area contributed by atoms with E-state index in [0.717, 1.165) is 6.54 Å². The van der Waals surface area contributed by atoms with Crippen LogP contribution in [0.5, 0.6) is 0 Å². The number of thioether (sulfide) groups is 1. The van der Waals surface area contributed by atoms with E-state index in [0.29, 0.717) is 23.6 Å². The number of hydrogen-bond donors (Lipinski definition) is 1. The number of rotatable bonds is 5. The van der Waals surface area contributed by atoms with Crippen molar-refractivity contribution in [1.29, 1.82) is 0 Å². The lowest BCUT2D eigenvalue weighted by Crippen LogP contribution is -2.22. The smallest absolute Gasteiger partial charge is 0.230 e. The molecule has 1 unspecified atom stereocenters. The predicted octanol–water partition coefficient (Wildman–Crippen LogP) is 1.22. The number of aromatic nitrogens is 2. The fourth-order valence-electron chi connectivity index (χ4n) is 0.875. The lowest BCUT2D eigenvalue weighted by Gasteiger charge is -2.07. The van der Waals surface area contributed by atoms with Gasteiger partial charge in [-0.15, -0.1) is 10.2 Å². The highest BCUT2D eigenvalue weighted by atomic mass is 32.2. The average Bonchev–Trinajstić information content (AvgIpc) is 2.51. The molecular formula is C8H15N3OS. The Kier molecular flexibility index (Phi) is 4.24. The van der Waals surface area contributed by atoms with Crippen molar-refractivity contribution in [1.82, 2.24) is 15.5 Å². The maximum absolute atomic E-state index is 5.21. The van der Waals surface area contributed by atoms with Gasteiger partial charge in [0.25, 0.3) is 0 Å². The Bertz CT molecular complexity index is 251. The number of nitrogens with zero attached hydrogens (tertiary/aromatic N) is 2. The molecule has 0 saturated carbocycles. The average molecular weight is 201 g/mol. The Morgan fingerprint density at radius 1 is 1.54 bits per heavy atom. The molecule has 0 saturated heterocycles. The van der Waals surface area contributed by atoms with Crippen molar-refractivity contribution in [2.24, 2.45) is 0 Å². The van der Waals surface area contributed by atoms with E-state index in [1.54, 1.807) is 6.92 Å². The molecule has 74 valence electrons. The van der Waals surface area contributed by atoms with Crippen LogP contribution in [0.25, 0.3) is 0 Å². The van der Waals surface area contributed by atoms with E-state index in [4.69, 9.17) is 4.42 Å². The van der Waals surface area contributed by atoms with Gasteiger partial charge in [-0.3, -0.25) is 0 Å². The van der Waals surface area contributed by atoms with Crippen LogP contribution in [0.1, 0.15) is 18.7 Å². The van der Waals surface area contributed by atoms with Crippen molar-refractivity contribution in [3.05, 3.63) is 11.8 Å². The minimum Gasteiger partial charge on any atom is -0.424 e. The SMILES string of the molecule is CSC(C)CNCc1nnc(C)o1. The maximum Gasteiger partial charge on any atom is 0.230 e. The molecular weight excluding hydrogens is 186 g/mol. The molecule has 1 N–H and O–H groups in total. The highest BCUT2D eigenvalue weighted by Crippen LogP contribution is 2.03. The van der Waals surface area contributed by atoms with Gasteiger partial charge in [0.1, 0.15) is 0 Å². The normalized spacial score (nSPS) is 13.2. The van der Waals surface area contributed by atoms with Crippen LogP contribution in [0.15, 0.2) is 4.42 Å². The van der Waals surface area contributed by atoms with Crippen LogP contribution >= 0.6 is 11.8 Å². The first-order chi connectivity index (χ1) is 6.22. The summed E-state index contributed by atoms with van der Waals surface area (Å²) >= 11 is 1.84. The topological polar surface area (TPSA) is 51.0 Å². The van der Waals surface area contributed by atoms with Crippen LogP contribution in [0, 0.1) is 6.92 Å². The zero-order chi connectivity index (χ0) is 9.68. The van der Waals surface area contributed by atoms with E-state index in [1.807, 2.05) is 11.8 Å². The molecule has 13 heavy (non-hydrogen) atoms. The van der Waals surface area contributed by atoms with Gasteiger partial charge in [0.15, 0.2) is 0 Å². The lowest BCUT2D eigenvalue weighted by molar-refractivity contribution is 0.448. The molecule has 5 heteroatoms. The lowest BCUT2D eigenvalue weighted by atomic mass is 10.4. The third kappa shape index (κ3) is 3.78. The summed E-state index contributed by atoms with van der Waals surface area (Å²) in [5, 5.41) is 11.5. The molecule has 4 nitrogen and oxygen atoms in total. The summed E-state index contributed by atoms with van der Waals surface area (Å²) in [7, 11) is 0. The molecule has 0 bridgehead atoms. The van der Waals surface area contributed by atoms with E-state index < -0.39 is 0 Å². The summed E-state index contributed by atoms with van der Waals surface area (Å²) in [5.41, 5.74) is 0. The van der Waals surface area contributed by atoms with Gasteiger partial charge in [0.05, 0.1) is 6.54 Å². The Morgan fingerprint density at radius 2 is 2.31 bits per heavy atom. The van der Waals surface area contributed by atoms with Gasteiger partial charge in [-0.1, -0.05) is 6.92 Å². The molecule has 0 radical (unpaired) electrons. The molecule has 0 aliphatic carbocycles. The molecule has 0 amide bonds. The Hall–Kier alpha value is -0.550. The highest BCUT2D eigenvalue weighted by Gasteiger charge is 2.02. The molecule has 1 rings (SSSR count). The molecule has 0 fully saturated rings. The molecule has 0 aliphatic heterocycles. The van der Waals surface area contributed by atoms with Crippen LogP contribution in [0.4, 0.5) is 0 Å². The van der Waals surface area contributed by atoms with E-state index in [2.05, 4.69) is 28.7 Å². The van der Waals surface area contributed by atoms with Gasteiger partial charge in [0.2, 0.25) is 11.8 Å². The van der Waals surface area contributed by atoms with Gasteiger partial charge in [0, 0.05) is 18.7 Å². The van der Waals surface area contributed by atoms with Gasteiger partial charge in [-0.2, -0.15) is 11.8 Å². The molecule has 0 spiro atoms. The number of nitrogens with one attached hydrogen (secondary N) is 1. The second-order valence-corrected chi connectivity index (χ2v) is 4.17. The van der Waals surface area contributed by atoms with Gasteiger partial charge < -0.3 is 9.73 Å². The Labute approximate surface area is 82.5 Å². The minimum atomic E-state index is 0.615. The zero-order valence-electron chi connectivity index (χ0n) is 8.20. The van der Waals surface area contributed by atoms with Gasteiger partial charge in [-0.25, -0.2) is 0 Å². The van der Waals surface area contributed by atoms with Crippen molar-refractivity contribution in [2.75, 3.05) is 12.8 Å². The third-order valence-electron chi connectivity index (χ3n) is 1.68. The van der Waals surface area contributed by atoms with Crippen LogP contribution in [-0.4, -0.2) is 28.2 Å². The summed E-state index contributed by atoms with van der Waals surface area (Å²) in [6, 6.07) is 0. The second-order valence-electron chi connectivity index (χ2n) is 2.89. The van der Waals surface area contributed by atoms with E-state index in [-0.39, 0.29) is 0 Å². The first-order valence-electron chi connectivity index (χ1n) is 4.25. The monoisotopic (exact) mass is 201 g/mol. The largest absolute Gasteiger partial charge is 0.424 e. The third-order valence-corrected chi connectivity index (χ3v) is 2.65. The van der Waals surface area contributed by atoms with Crippen molar-refractivity contribution in [2.45, 2.75) is 25.6 Å². The maximum atomic E-state index is 5.21. The molecule has 1 aromatic rings.